The number of pyridine rings is 1. The van der Waals surface area contributed by atoms with E-state index in [1.165, 1.54) is 6.20 Å². The third kappa shape index (κ3) is 4.96. The van der Waals surface area contributed by atoms with Crippen LogP contribution in [0.15, 0.2) is 24.5 Å². The number of nitrogens with zero attached hydrogens (tertiary/aromatic N) is 4. The first-order valence-corrected chi connectivity index (χ1v) is 11.5. The van der Waals surface area contributed by atoms with Gasteiger partial charge in [0.05, 0.1) is 30.5 Å². The monoisotopic (exact) mass is 473 g/mol. The van der Waals surface area contributed by atoms with Crippen LogP contribution < -0.4 is 20.7 Å². The predicted molar refractivity (Wildman–Crippen MR) is 127 cm³/mol. The molecule has 1 aliphatic carbocycles. The van der Waals surface area contributed by atoms with Crippen molar-refractivity contribution in [2.24, 2.45) is 0 Å². The van der Waals surface area contributed by atoms with Crippen LogP contribution in [0.2, 0.25) is 5.02 Å². The summed E-state index contributed by atoms with van der Waals surface area (Å²) < 4.78 is 12.7. The molecule has 0 bridgehead atoms. The molecule has 3 aromatic rings. The molecule has 2 fully saturated rings. The van der Waals surface area contributed by atoms with Crippen LogP contribution >= 0.6 is 11.6 Å². The van der Waals surface area contributed by atoms with Crippen molar-refractivity contribution >= 4 is 40.5 Å². The van der Waals surface area contributed by atoms with E-state index in [4.69, 9.17) is 21.1 Å². The Hall–Kier alpha value is -3.11. The molecular formula is C22H28ClN7O3. The number of amides is 1. The lowest BCUT2D eigenvalue weighted by atomic mass is 9.96. The van der Waals surface area contributed by atoms with Gasteiger partial charge in [0.1, 0.15) is 29.0 Å². The molecule has 5 rings (SSSR count). The molecule has 4 heterocycles. The molecule has 176 valence electrons. The quantitative estimate of drug-likeness (QED) is 0.476. The number of halogens is 1. The molecule has 33 heavy (non-hydrogen) atoms. The van der Waals surface area contributed by atoms with E-state index in [0.29, 0.717) is 52.7 Å². The lowest BCUT2D eigenvalue weighted by Gasteiger charge is -2.26. The number of carbonyl (C=O) groups excluding carboxylic acids is 1. The van der Waals surface area contributed by atoms with Gasteiger partial charge in [0.2, 0.25) is 5.88 Å². The fourth-order valence-electron chi connectivity index (χ4n) is 3.34. The Kier molecular flexibility index (Phi) is 7.14. The van der Waals surface area contributed by atoms with Gasteiger partial charge in [0, 0.05) is 19.3 Å². The molecular weight excluding hydrogens is 446 g/mol. The molecule has 0 radical (unpaired) electrons. The summed E-state index contributed by atoms with van der Waals surface area (Å²) >= 11 is 6.17. The van der Waals surface area contributed by atoms with Crippen LogP contribution in [0.1, 0.15) is 43.5 Å². The third-order valence-electron chi connectivity index (χ3n) is 5.36. The van der Waals surface area contributed by atoms with Gasteiger partial charge in [-0.15, -0.1) is 0 Å². The van der Waals surface area contributed by atoms with Gasteiger partial charge in [-0.3, -0.25) is 4.79 Å². The van der Waals surface area contributed by atoms with Crippen molar-refractivity contribution in [2.45, 2.75) is 45.3 Å². The van der Waals surface area contributed by atoms with E-state index in [1.54, 1.807) is 29.9 Å². The molecule has 1 aliphatic heterocycles. The summed E-state index contributed by atoms with van der Waals surface area (Å²) in [6.07, 6.45) is 6.41. The number of hydrogen-bond donors (Lipinski definition) is 3. The van der Waals surface area contributed by atoms with Gasteiger partial charge < -0.3 is 25.4 Å². The van der Waals surface area contributed by atoms with Crippen LogP contribution in [0.4, 0.5) is 17.3 Å². The number of hydrogen-bond acceptors (Lipinski definition) is 8. The molecule has 1 amide bonds. The molecule has 0 spiro atoms. The molecule has 11 heteroatoms. The maximum Gasteiger partial charge on any atom is 0.257 e. The standard InChI is InChI=1S/C20H22ClN7O3.C2H6/c1-22-17-6-16(26-15-5-11(21)7-23-20(15)31-13-3-2-4-13)27-18-14(8-24-28(17)18)19(29)25-12-9-30-10-12;1-2/h5-8,12-13,22H,2-4,9-10H2,1H3,(H,25,29)(H,26,27);1-2H3. The molecule has 3 N–H and O–H groups in total. The van der Waals surface area contributed by atoms with Crippen LogP contribution in [0.25, 0.3) is 5.65 Å². The number of ether oxygens (including phenoxy) is 2. The van der Waals surface area contributed by atoms with E-state index in [-0.39, 0.29) is 18.1 Å². The van der Waals surface area contributed by atoms with Gasteiger partial charge in [-0.25, -0.2) is 9.97 Å². The summed E-state index contributed by atoms with van der Waals surface area (Å²) in [5.41, 5.74) is 1.40. The molecule has 1 saturated heterocycles. The molecule has 0 unspecified atom stereocenters. The Morgan fingerprint density at radius 3 is 2.67 bits per heavy atom. The zero-order valence-corrected chi connectivity index (χ0v) is 19.6. The number of fused-ring (bicyclic) bond motifs is 1. The van der Waals surface area contributed by atoms with E-state index in [0.717, 1.165) is 19.3 Å². The van der Waals surface area contributed by atoms with Crippen molar-refractivity contribution in [1.82, 2.24) is 24.9 Å². The second-order valence-electron chi connectivity index (χ2n) is 7.58. The SMILES string of the molecule is CC.CNc1cc(Nc2cc(Cl)cnc2OC2CCC2)nc2c(C(=O)NC3COC3)cnn12. The molecule has 0 aromatic carbocycles. The van der Waals surface area contributed by atoms with Crippen molar-refractivity contribution in [3.8, 4) is 5.88 Å². The maximum absolute atomic E-state index is 12.7. The molecule has 0 atom stereocenters. The van der Waals surface area contributed by atoms with Gasteiger partial charge in [-0.05, 0) is 25.3 Å². The lowest BCUT2D eigenvalue weighted by Crippen LogP contribution is -2.48. The van der Waals surface area contributed by atoms with E-state index < -0.39 is 0 Å². The normalized spacial score (nSPS) is 15.6. The highest BCUT2D eigenvalue weighted by Crippen LogP contribution is 2.33. The summed E-state index contributed by atoms with van der Waals surface area (Å²) in [6, 6.07) is 3.54. The van der Waals surface area contributed by atoms with Crippen molar-refractivity contribution < 1.29 is 14.3 Å². The summed E-state index contributed by atoms with van der Waals surface area (Å²) in [5.74, 6) is 1.39. The van der Waals surface area contributed by atoms with Crippen molar-refractivity contribution in [3.63, 3.8) is 0 Å². The molecule has 3 aromatic heterocycles. The van der Waals surface area contributed by atoms with Gasteiger partial charge in [0.25, 0.3) is 5.91 Å². The van der Waals surface area contributed by atoms with E-state index in [9.17, 15) is 4.79 Å². The molecule has 1 saturated carbocycles. The number of aromatic nitrogens is 4. The van der Waals surface area contributed by atoms with Crippen LogP contribution in [0, 0.1) is 0 Å². The van der Waals surface area contributed by atoms with Crippen LogP contribution in [0.5, 0.6) is 5.88 Å². The minimum Gasteiger partial charge on any atom is -0.473 e. The number of carbonyl (C=O) groups is 1. The Morgan fingerprint density at radius 1 is 1.24 bits per heavy atom. The van der Waals surface area contributed by atoms with Crippen LogP contribution in [-0.2, 0) is 4.74 Å². The predicted octanol–water partition coefficient (Wildman–Crippen LogP) is 3.65. The first kappa shape index (κ1) is 23.1. The maximum atomic E-state index is 12.7. The summed E-state index contributed by atoms with van der Waals surface area (Å²) in [7, 11) is 1.78. The van der Waals surface area contributed by atoms with E-state index in [2.05, 4.69) is 31.0 Å². The first-order valence-electron chi connectivity index (χ1n) is 11.1. The first-order chi connectivity index (χ1) is 16.1. The van der Waals surface area contributed by atoms with E-state index >= 15 is 0 Å². The number of rotatable bonds is 7. The van der Waals surface area contributed by atoms with Crippen molar-refractivity contribution in [3.05, 3.63) is 35.1 Å². The van der Waals surface area contributed by atoms with Gasteiger partial charge in [-0.2, -0.15) is 9.61 Å². The lowest BCUT2D eigenvalue weighted by molar-refractivity contribution is -0.00343. The average molecular weight is 474 g/mol. The Morgan fingerprint density at radius 2 is 2.03 bits per heavy atom. The third-order valence-corrected chi connectivity index (χ3v) is 5.56. The minimum absolute atomic E-state index is 0.0104. The van der Waals surface area contributed by atoms with Gasteiger partial charge in [-0.1, -0.05) is 25.4 Å². The van der Waals surface area contributed by atoms with Crippen LogP contribution in [-0.4, -0.2) is 57.9 Å². The van der Waals surface area contributed by atoms with Crippen molar-refractivity contribution in [2.75, 3.05) is 30.9 Å². The second kappa shape index (κ2) is 10.2. The van der Waals surface area contributed by atoms with Gasteiger partial charge in [0.15, 0.2) is 5.65 Å². The van der Waals surface area contributed by atoms with E-state index in [1.807, 2.05) is 13.8 Å². The summed E-state index contributed by atoms with van der Waals surface area (Å²) in [5, 5.41) is 14.0. The fourth-order valence-corrected chi connectivity index (χ4v) is 3.50. The number of nitrogens with one attached hydrogen (secondary N) is 3. The number of anilines is 3. The molecule has 10 nitrogen and oxygen atoms in total. The smallest absolute Gasteiger partial charge is 0.257 e. The highest BCUT2D eigenvalue weighted by Gasteiger charge is 2.25. The average Bonchev–Trinajstić information content (AvgIpc) is 3.19. The topological polar surface area (TPSA) is 115 Å². The Labute approximate surface area is 197 Å². The fraction of sp³-hybridized carbons (Fsp3) is 0.455. The second-order valence-corrected chi connectivity index (χ2v) is 8.02. The Balaban J connectivity index is 0.00000126. The zero-order chi connectivity index (χ0) is 23.4. The van der Waals surface area contributed by atoms with Gasteiger partial charge >= 0.3 is 0 Å². The summed E-state index contributed by atoms with van der Waals surface area (Å²) in [4.78, 5) is 21.7. The molecule has 2 aliphatic rings. The highest BCUT2D eigenvalue weighted by atomic mass is 35.5. The highest BCUT2D eigenvalue weighted by molar-refractivity contribution is 6.30. The van der Waals surface area contributed by atoms with Crippen LogP contribution in [0.3, 0.4) is 0 Å². The largest absolute Gasteiger partial charge is 0.473 e. The Bertz CT molecular complexity index is 1130. The zero-order valence-electron chi connectivity index (χ0n) is 18.9. The minimum atomic E-state index is -0.242. The summed E-state index contributed by atoms with van der Waals surface area (Å²) in [6.45, 7) is 5.02. The van der Waals surface area contributed by atoms with Crippen molar-refractivity contribution in [1.29, 1.82) is 0 Å².